The van der Waals surface area contributed by atoms with Gasteiger partial charge in [-0.05, 0) is 47.0 Å². The van der Waals surface area contributed by atoms with Gasteiger partial charge in [0.2, 0.25) is 0 Å². The Kier molecular flexibility index (Phi) is 5.17. The second kappa shape index (κ2) is 7.52. The smallest absolute Gasteiger partial charge is 0.0361 e. The maximum Gasteiger partial charge on any atom is 0.0361 e. The Balaban J connectivity index is 2.09. The standard InChI is InChI=1S/C23H27N3/c1-25(2)19-13-9-17(10-14-19)23(21-7-5-6-8-22(21)24)18-11-15-20(16-12-18)26(3)4/h5-16,23H,24H2,1-4H3. The molecule has 3 aromatic carbocycles. The molecular formula is C23H27N3. The van der Waals surface area contributed by atoms with E-state index in [1.54, 1.807) is 0 Å². The summed E-state index contributed by atoms with van der Waals surface area (Å²) in [6.45, 7) is 0. The number of nitrogen functional groups attached to an aromatic ring is 1. The number of para-hydroxylation sites is 1. The summed E-state index contributed by atoms with van der Waals surface area (Å²) in [7, 11) is 8.23. The highest BCUT2D eigenvalue weighted by atomic mass is 15.1. The molecule has 0 aliphatic heterocycles. The second-order valence-electron chi connectivity index (χ2n) is 7.03. The molecule has 0 spiro atoms. The van der Waals surface area contributed by atoms with Crippen LogP contribution in [0.5, 0.6) is 0 Å². The summed E-state index contributed by atoms with van der Waals surface area (Å²) in [4.78, 5) is 4.23. The van der Waals surface area contributed by atoms with Gasteiger partial charge >= 0.3 is 0 Å². The van der Waals surface area contributed by atoms with Crippen molar-refractivity contribution in [1.29, 1.82) is 0 Å². The zero-order valence-corrected chi connectivity index (χ0v) is 16.0. The third-order valence-corrected chi connectivity index (χ3v) is 4.79. The average molecular weight is 345 g/mol. The number of rotatable bonds is 5. The normalized spacial score (nSPS) is 10.8. The lowest BCUT2D eigenvalue weighted by atomic mass is 9.84. The largest absolute Gasteiger partial charge is 0.398 e. The van der Waals surface area contributed by atoms with E-state index in [0.717, 1.165) is 11.3 Å². The van der Waals surface area contributed by atoms with Gasteiger partial charge in [0.1, 0.15) is 0 Å². The van der Waals surface area contributed by atoms with Crippen molar-refractivity contribution in [1.82, 2.24) is 0 Å². The van der Waals surface area contributed by atoms with Crippen LogP contribution >= 0.6 is 0 Å². The van der Waals surface area contributed by atoms with Gasteiger partial charge in [0.25, 0.3) is 0 Å². The topological polar surface area (TPSA) is 32.5 Å². The van der Waals surface area contributed by atoms with Crippen LogP contribution in [0.1, 0.15) is 22.6 Å². The van der Waals surface area contributed by atoms with E-state index in [-0.39, 0.29) is 5.92 Å². The molecule has 0 saturated carbocycles. The van der Waals surface area contributed by atoms with E-state index in [1.807, 2.05) is 12.1 Å². The third kappa shape index (κ3) is 3.67. The monoisotopic (exact) mass is 345 g/mol. The van der Waals surface area contributed by atoms with Gasteiger partial charge in [-0.3, -0.25) is 0 Å². The molecule has 0 aliphatic rings. The van der Waals surface area contributed by atoms with Crippen LogP contribution in [0.25, 0.3) is 0 Å². The van der Waals surface area contributed by atoms with E-state index in [9.17, 15) is 0 Å². The summed E-state index contributed by atoms with van der Waals surface area (Å²) < 4.78 is 0. The lowest BCUT2D eigenvalue weighted by Crippen LogP contribution is -2.11. The van der Waals surface area contributed by atoms with E-state index in [2.05, 4.69) is 98.7 Å². The first-order valence-electron chi connectivity index (χ1n) is 8.86. The maximum atomic E-state index is 6.34. The minimum Gasteiger partial charge on any atom is -0.398 e. The van der Waals surface area contributed by atoms with E-state index in [0.29, 0.717) is 0 Å². The number of hydrogen-bond acceptors (Lipinski definition) is 3. The van der Waals surface area contributed by atoms with Crippen molar-refractivity contribution in [3.63, 3.8) is 0 Å². The molecule has 3 heteroatoms. The van der Waals surface area contributed by atoms with E-state index >= 15 is 0 Å². The predicted molar refractivity (Wildman–Crippen MR) is 113 cm³/mol. The Morgan fingerprint density at radius 3 is 1.42 bits per heavy atom. The maximum absolute atomic E-state index is 6.34. The highest BCUT2D eigenvalue weighted by molar-refractivity contribution is 5.59. The van der Waals surface area contributed by atoms with Crippen LogP contribution in [0.3, 0.4) is 0 Å². The van der Waals surface area contributed by atoms with Crippen LogP contribution in [0.4, 0.5) is 17.1 Å². The van der Waals surface area contributed by atoms with Crippen molar-refractivity contribution in [3.8, 4) is 0 Å². The fourth-order valence-electron chi connectivity index (χ4n) is 3.26. The van der Waals surface area contributed by atoms with Crippen LogP contribution in [0.15, 0.2) is 72.8 Å². The van der Waals surface area contributed by atoms with Gasteiger partial charge in [0, 0.05) is 51.2 Å². The lowest BCUT2D eigenvalue weighted by molar-refractivity contribution is 0.976. The molecule has 0 atom stereocenters. The quantitative estimate of drug-likeness (QED) is 0.543. The van der Waals surface area contributed by atoms with E-state index in [1.165, 1.54) is 22.5 Å². The fourth-order valence-corrected chi connectivity index (χ4v) is 3.26. The second-order valence-corrected chi connectivity index (χ2v) is 7.03. The summed E-state index contributed by atoms with van der Waals surface area (Å²) >= 11 is 0. The van der Waals surface area contributed by atoms with Crippen LogP contribution < -0.4 is 15.5 Å². The van der Waals surface area contributed by atoms with Gasteiger partial charge in [-0.25, -0.2) is 0 Å². The highest BCUT2D eigenvalue weighted by Crippen LogP contribution is 2.36. The number of nitrogens with zero attached hydrogens (tertiary/aromatic N) is 2. The molecule has 0 unspecified atom stereocenters. The van der Waals surface area contributed by atoms with Crippen LogP contribution in [-0.4, -0.2) is 28.2 Å². The summed E-state index contributed by atoms with van der Waals surface area (Å²) in [6, 6.07) is 25.6. The van der Waals surface area contributed by atoms with Gasteiger partial charge in [-0.15, -0.1) is 0 Å². The first-order valence-corrected chi connectivity index (χ1v) is 8.86. The number of nitrogens with two attached hydrogens (primary N) is 1. The molecule has 0 amide bonds. The molecule has 0 bridgehead atoms. The molecule has 3 aromatic rings. The van der Waals surface area contributed by atoms with Crippen molar-refractivity contribution >= 4 is 17.1 Å². The SMILES string of the molecule is CN(C)c1ccc(C(c2ccc(N(C)C)cc2)c2ccccc2N)cc1. The Labute approximate surface area is 156 Å². The third-order valence-electron chi connectivity index (χ3n) is 4.79. The van der Waals surface area contributed by atoms with Gasteiger partial charge in [0.15, 0.2) is 0 Å². The zero-order chi connectivity index (χ0) is 18.7. The Morgan fingerprint density at radius 2 is 1.04 bits per heavy atom. The summed E-state index contributed by atoms with van der Waals surface area (Å²) in [5.41, 5.74) is 13.2. The molecule has 3 rings (SSSR count). The molecule has 134 valence electrons. The molecule has 0 saturated heterocycles. The number of benzene rings is 3. The first kappa shape index (κ1) is 17.9. The van der Waals surface area contributed by atoms with Crippen LogP contribution in [0, 0.1) is 0 Å². The number of hydrogen-bond donors (Lipinski definition) is 1. The van der Waals surface area contributed by atoms with Crippen LogP contribution in [0.2, 0.25) is 0 Å². The fraction of sp³-hybridized carbons (Fsp3) is 0.217. The molecule has 0 aliphatic carbocycles. The van der Waals surface area contributed by atoms with E-state index in [4.69, 9.17) is 5.73 Å². The van der Waals surface area contributed by atoms with Crippen molar-refractivity contribution in [3.05, 3.63) is 89.5 Å². The van der Waals surface area contributed by atoms with Crippen molar-refractivity contribution in [2.75, 3.05) is 43.7 Å². The molecule has 0 radical (unpaired) electrons. The number of anilines is 3. The zero-order valence-electron chi connectivity index (χ0n) is 16.0. The Hall–Kier alpha value is -2.94. The summed E-state index contributed by atoms with van der Waals surface area (Å²) in [5.74, 6) is 0.114. The minimum atomic E-state index is 0.114. The summed E-state index contributed by atoms with van der Waals surface area (Å²) in [5, 5.41) is 0. The minimum absolute atomic E-state index is 0.114. The molecule has 0 fully saturated rings. The molecule has 0 heterocycles. The lowest BCUT2D eigenvalue weighted by Gasteiger charge is -2.22. The van der Waals surface area contributed by atoms with Crippen LogP contribution in [-0.2, 0) is 0 Å². The predicted octanol–water partition coefficient (Wildman–Crippen LogP) is 4.58. The van der Waals surface area contributed by atoms with Gasteiger partial charge < -0.3 is 15.5 Å². The molecule has 2 N–H and O–H groups in total. The molecule has 26 heavy (non-hydrogen) atoms. The molecule has 3 nitrogen and oxygen atoms in total. The van der Waals surface area contributed by atoms with E-state index < -0.39 is 0 Å². The summed E-state index contributed by atoms with van der Waals surface area (Å²) in [6.07, 6.45) is 0. The van der Waals surface area contributed by atoms with Gasteiger partial charge in [-0.2, -0.15) is 0 Å². The first-order chi connectivity index (χ1) is 12.5. The van der Waals surface area contributed by atoms with Gasteiger partial charge in [0.05, 0.1) is 0 Å². The Bertz CT molecular complexity index is 798. The van der Waals surface area contributed by atoms with Crippen molar-refractivity contribution in [2.24, 2.45) is 0 Å². The van der Waals surface area contributed by atoms with Crippen molar-refractivity contribution in [2.45, 2.75) is 5.92 Å². The van der Waals surface area contributed by atoms with Crippen molar-refractivity contribution < 1.29 is 0 Å². The molecular weight excluding hydrogens is 318 g/mol. The van der Waals surface area contributed by atoms with Gasteiger partial charge in [-0.1, -0.05) is 42.5 Å². The molecule has 0 aromatic heterocycles. The highest BCUT2D eigenvalue weighted by Gasteiger charge is 2.19. The average Bonchev–Trinajstić information content (AvgIpc) is 2.64. The Morgan fingerprint density at radius 1 is 0.615 bits per heavy atom.